The Morgan fingerprint density at radius 1 is 0.314 bits per heavy atom. The van der Waals surface area contributed by atoms with Crippen LogP contribution < -0.4 is 4.90 Å². The van der Waals surface area contributed by atoms with Crippen LogP contribution in [0.25, 0.3) is 77.3 Å². The normalized spacial score (nSPS) is 11.5. The standard InChI is InChI=1S/C48H31NO2/c1-3-11-32(12-4-1)33-21-23-34(24-22-33)35-25-27-37(28-26-35)49(38-29-30-46-43(31-38)40-15-7-8-20-45(40)50-46)44-19-10-18-42-41-17-9-16-39(47(41)51-48(42)44)36-13-5-2-6-14-36/h1-31H. The third kappa shape index (κ3) is 4.98. The summed E-state index contributed by atoms with van der Waals surface area (Å²) in [5.74, 6) is 0. The maximum Gasteiger partial charge on any atom is 0.159 e. The lowest BCUT2D eigenvalue weighted by atomic mass is 10.00. The third-order valence-corrected chi connectivity index (χ3v) is 9.90. The minimum Gasteiger partial charge on any atom is -0.456 e. The first-order valence-corrected chi connectivity index (χ1v) is 17.3. The fourth-order valence-electron chi connectivity index (χ4n) is 7.40. The summed E-state index contributed by atoms with van der Waals surface area (Å²) in [5, 5.41) is 4.35. The lowest BCUT2D eigenvalue weighted by Gasteiger charge is -2.26. The molecule has 0 amide bonds. The second-order valence-corrected chi connectivity index (χ2v) is 12.9. The second kappa shape index (κ2) is 11.9. The second-order valence-electron chi connectivity index (χ2n) is 12.9. The van der Waals surface area contributed by atoms with Gasteiger partial charge in [-0.05, 0) is 70.3 Å². The highest BCUT2D eigenvalue weighted by atomic mass is 16.3. The first-order valence-electron chi connectivity index (χ1n) is 17.3. The lowest BCUT2D eigenvalue weighted by Crippen LogP contribution is -2.10. The molecule has 0 spiro atoms. The van der Waals surface area contributed by atoms with Crippen LogP contribution in [-0.2, 0) is 0 Å². The molecule has 0 saturated heterocycles. The quantitative estimate of drug-likeness (QED) is 0.179. The van der Waals surface area contributed by atoms with Crippen molar-refractivity contribution < 1.29 is 8.83 Å². The Bertz CT molecular complexity index is 2830. The number of para-hydroxylation sites is 3. The van der Waals surface area contributed by atoms with Crippen LogP contribution in [0, 0.1) is 0 Å². The molecule has 0 N–H and O–H groups in total. The van der Waals surface area contributed by atoms with E-state index in [1.807, 2.05) is 18.2 Å². The number of hydrogen-bond donors (Lipinski definition) is 0. The Balaban J connectivity index is 1.14. The average molecular weight is 654 g/mol. The number of hydrogen-bond acceptors (Lipinski definition) is 3. The Labute approximate surface area is 295 Å². The smallest absolute Gasteiger partial charge is 0.159 e. The van der Waals surface area contributed by atoms with Gasteiger partial charge in [0.2, 0.25) is 0 Å². The molecule has 0 saturated carbocycles. The van der Waals surface area contributed by atoms with Crippen LogP contribution in [0.1, 0.15) is 0 Å². The maximum absolute atomic E-state index is 6.92. The van der Waals surface area contributed by atoms with Gasteiger partial charge >= 0.3 is 0 Å². The zero-order valence-electron chi connectivity index (χ0n) is 27.7. The minimum absolute atomic E-state index is 0.841. The van der Waals surface area contributed by atoms with Gasteiger partial charge in [-0.15, -0.1) is 0 Å². The molecule has 0 unspecified atom stereocenters. The topological polar surface area (TPSA) is 29.5 Å². The van der Waals surface area contributed by atoms with Gasteiger partial charge in [0.15, 0.2) is 5.58 Å². The van der Waals surface area contributed by atoms with Crippen LogP contribution in [0.5, 0.6) is 0 Å². The maximum atomic E-state index is 6.92. The van der Waals surface area contributed by atoms with E-state index in [4.69, 9.17) is 8.83 Å². The number of benzene rings is 8. The molecule has 0 bridgehead atoms. The molecule has 10 rings (SSSR count). The van der Waals surface area contributed by atoms with E-state index in [9.17, 15) is 0 Å². The van der Waals surface area contributed by atoms with Crippen molar-refractivity contribution in [1.82, 2.24) is 0 Å². The van der Waals surface area contributed by atoms with E-state index in [2.05, 4.69) is 175 Å². The summed E-state index contributed by atoms with van der Waals surface area (Å²) in [5.41, 5.74) is 13.5. The van der Waals surface area contributed by atoms with Crippen molar-refractivity contribution in [2.24, 2.45) is 0 Å². The molecule has 3 nitrogen and oxygen atoms in total. The van der Waals surface area contributed by atoms with Crippen molar-refractivity contribution in [1.29, 1.82) is 0 Å². The van der Waals surface area contributed by atoms with Gasteiger partial charge in [-0.1, -0.05) is 146 Å². The summed E-state index contributed by atoms with van der Waals surface area (Å²) >= 11 is 0. The van der Waals surface area contributed by atoms with E-state index >= 15 is 0 Å². The monoisotopic (exact) mass is 653 g/mol. The van der Waals surface area contributed by atoms with Gasteiger partial charge in [-0.3, -0.25) is 0 Å². The van der Waals surface area contributed by atoms with Gasteiger partial charge in [-0.25, -0.2) is 0 Å². The van der Waals surface area contributed by atoms with E-state index < -0.39 is 0 Å². The van der Waals surface area contributed by atoms with Crippen LogP contribution in [0.15, 0.2) is 197 Å². The van der Waals surface area contributed by atoms with Crippen LogP contribution in [0.3, 0.4) is 0 Å². The number of furan rings is 2. The summed E-state index contributed by atoms with van der Waals surface area (Å²) in [4.78, 5) is 2.30. The van der Waals surface area contributed by atoms with Crippen molar-refractivity contribution in [2.45, 2.75) is 0 Å². The number of anilines is 3. The molecule has 0 atom stereocenters. The molecule has 240 valence electrons. The van der Waals surface area contributed by atoms with E-state index in [-0.39, 0.29) is 0 Å². The largest absolute Gasteiger partial charge is 0.456 e. The van der Waals surface area contributed by atoms with E-state index in [1.165, 1.54) is 16.7 Å². The molecular weight excluding hydrogens is 623 g/mol. The predicted octanol–water partition coefficient (Wildman–Crippen LogP) is 14.0. The van der Waals surface area contributed by atoms with Gasteiger partial charge < -0.3 is 13.7 Å². The molecule has 0 radical (unpaired) electrons. The molecule has 10 aromatic rings. The van der Waals surface area contributed by atoms with Gasteiger partial charge in [0.1, 0.15) is 16.7 Å². The molecule has 0 fully saturated rings. The number of rotatable bonds is 6. The predicted molar refractivity (Wildman–Crippen MR) is 212 cm³/mol. The average Bonchev–Trinajstić information content (AvgIpc) is 3.78. The molecule has 0 aliphatic heterocycles. The summed E-state index contributed by atoms with van der Waals surface area (Å²) < 4.78 is 13.1. The van der Waals surface area contributed by atoms with Crippen molar-refractivity contribution in [3.05, 3.63) is 188 Å². The first-order chi connectivity index (χ1) is 25.3. The molecule has 3 heteroatoms. The first kappa shape index (κ1) is 29.1. The molecule has 2 aromatic heterocycles. The number of fused-ring (bicyclic) bond motifs is 6. The third-order valence-electron chi connectivity index (χ3n) is 9.90. The Hall–Kier alpha value is -6.84. The minimum atomic E-state index is 0.841. The molecule has 8 aromatic carbocycles. The van der Waals surface area contributed by atoms with Crippen LogP contribution in [0.2, 0.25) is 0 Å². The fraction of sp³-hybridized carbons (Fsp3) is 0. The molecule has 2 heterocycles. The van der Waals surface area contributed by atoms with Gasteiger partial charge in [-0.2, -0.15) is 0 Å². The van der Waals surface area contributed by atoms with E-state index in [1.54, 1.807) is 0 Å². The van der Waals surface area contributed by atoms with Crippen molar-refractivity contribution in [3.63, 3.8) is 0 Å². The summed E-state index contributed by atoms with van der Waals surface area (Å²) in [6.07, 6.45) is 0. The Kier molecular flexibility index (Phi) is 6.81. The number of nitrogens with zero attached hydrogens (tertiary/aromatic N) is 1. The zero-order chi connectivity index (χ0) is 33.7. The van der Waals surface area contributed by atoms with Crippen LogP contribution in [0.4, 0.5) is 17.1 Å². The van der Waals surface area contributed by atoms with Crippen molar-refractivity contribution in [3.8, 4) is 33.4 Å². The van der Waals surface area contributed by atoms with Crippen molar-refractivity contribution >= 4 is 60.9 Å². The molecule has 0 aliphatic rings. The van der Waals surface area contributed by atoms with Crippen molar-refractivity contribution in [2.75, 3.05) is 4.90 Å². The SMILES string of the molecule is c1ccc(-c2ccc(-c3ccc(N(c4ccc5oc6ccccc6c5c4)c4cccc5c4oc4c(-c6ccccc6)cccc45)cc3)cc2)cc1. The lowest BCUT2D eigenvalue weighted by molar-refractivity contribution is 0.669. The zero-order valence-corrected chi connectivity index (χ0v) is 27.7. The summed E-state index contributed by atoms with van der Waals surface area (Å²) in [6, 6.07) is 66.1. The van der Waals surface area contributed by atoms with Crippen LogP contribution in [-0.4, -0.2) is 0 Å². The molecule has 51 heavy (non-hydrogen) atoms. The van der Waals surface area contributed by atoms with Gasteiger partial charge in [0.25, 0.3) is 0 Å². The molecular formula is C48H31NO2. The Morgan fingerprint density at radius 2 is 0.843 bits per heavy atom. The molecule has 0 aliphatic carbocycles. The highest BCUT2D eigenvalue weighted by Gasteiger charge is 2.22. The van der Waals surface area contributed by atoms with E-state index in [0.717, 1.165) is 77.6 Å². The van der Waals surface area contributed by atoms with Crippen LogP contribution >= 0.6 is 0 Å². The summed E-state index contributed by atoms with van der Waals surface area (Å²) in [7, 11) is 0. The highest BCUT2D eigenvalue weighted by Crippen LogP contribution is 2.45. The fourth-order valence-corrected chi connectivity index (χ4v) is 7.40. The van der Waals surface area contributed by atoms with Gasteiger partial charge in [0.05, 0.1) is 5.69 Å². The highest BCUT2D eigenvalue weighted by molar-refractivity contribution is 6.14. The van der Waals surface area contributed by atoms with Gasteiger partial charge in [0, 0.05) is 38.5 Å². The Morgan fingerprint density at radius 3 is 1.57 bits per heavy atom. The summed E-state index contributed by atoms with van der Waals surface area (Å²) in [6.45, 7) is 0. The van der Waals surface area contributed by atoms with E-state index in [0.29, 0.717) is 0 Å².